The van der Waals surface area contributed by atoms with Gasteiger partial charge in [0.25, 0.3) is 0 Å². The third-order valence-corrected chi connectivity index (χ3v) is 3.67. The Kier molecular flexibility index (Phi) is 7.25. The molecule has 0 aromatic heterocycles. The number of hydrogen-bond acceptors (Lipinski definition) is 5. The molecule has 0 fully saturated rings. The van der Waals surface area contributed by atoms with Gasteiger partial charge in [-0.2, -0.15) is 0 Å². The Hall–Kier alpha value is -3.00. The smallest absolute Gasteiger partial charge is 0.319 e. The van der Waals surface area contributed by atoms with E-state index in [9.17, 15) is 14.3 Å². The largest absolute Gasteiger partial charge is 0.493 e. The van der Waals surface area contributed by atoms with Crippen molar-refractivity contribution in [3.05, 3.63) is 47.8 Å². The van der Waals surface area contributed by atoms with Crippen molar-refractivity contribution in [2.45, 2.75) is 13.0 Å². The van der Waals surface area contributed by atoms with Crippen LogP contribution in [-0.4, -0.2) is 44.6 Å². The average molecular weight is 378 g/mol. The van der Waals surface area contributed by atoms with Gasteiger partial charge in [-0.05, 0) is 36.8 Å². The number of carbonyl (C=O) groups excluding carboxylic acids is 1. The average Bonchev–Trinajstić information content (AvgIpc) is 2.67. The molecule has 2 aromatic carbocycles. The zero-order chi connectivity index (χ0) is 19.8. The highest BCUT2D eigenvalue weighted by Gasteiger charge is 2.15. The van der Waals surface area contributed by atoms with E-state index in [2.05, 4.69) is 10.6 Å². The highest BCUT2D eigenvalue weighted by atomic mass is 19.1. The molecular formula is C19H23FN2O5. The number of benzene rings is 2. The van der Waals surface area contributed by atoms with Gasteiger partial charge in [-0.3, -0.25) is 0 Å². The van der Waals surface area contributed by atoms with Gasteiger partial charge in [-0.1, -0.05) is 12.1 Å². The second kappa shape index (κ2) is 9.63. The number of anilines is 1. The van der Waals surface area contributed by atoms with Gasteiger partial charge in [0.15, 0.2) is 11.5 Å². The number of aliphatic hydroxyl groups excluding tert-OH is 1. The van der Waals surface area contributed by atoms with E-state index in [-0.39, 0.29) is 18.8 Å². The summed E-state index contributed by atoms with van der Waals surface area (Å²) in [5.41, 5.74) is 0.878. The third-order valence-electron chi connectivity index (χ3n) is 3.67. The maximum atomic E-state index is 13.6. The second-order valence-electron chi connectivity index (χ2n) is 5.77. The first-order valence-corrected chi connectivity index (χ1v) is 8.27. The quantitative estimate of drug-likeness (QED) is 0.657. The fraction of sp³-hybridized carbons (Fsp3) is 0.316. The number of hydrogen-bond donors (Lipinski definition) is 3. The standard InChI is InChI=1S/C19H23FN2O5/c1-12-7-8-14(20)15(9-12)22-19(24)21-10-13(23)11-27-18-16(25-2)5-4-6-17(18)26-3/h4-9,13,23H,10-11H2,1-3H3,(H2,21,22,24)/t13-/m1/s1. The number of amides is 2. The first-order chi connectivity index (χ1) is 12.9. The maximum absolute atomic E-state index is 13.6. The lowest BCUT2D eigenvalue weighted by Crippen LogP contribution is -2.37. The normalized spacial score (nSPS) is 11.4. The molecule has 8 heteroatoms. The first-order valence-electron chi connectivity index (χ1n) is 8.27. The number of para-hydroxylation sites is 1. The summed E-state index contributed by atoms with van der Waals surface area (Å²) >= 11 is 0. The molecule has 0 unspecified atom stereocenters. The molecule has 27 heavy (non-hydrogen) atoms. The summed E-state index contributed by atoms with van der Waals surface area (Å²) in [5.74, 6) is 0.736. The Bertz CT molecular complexity index is 762. The Morgan fingerprint density at radius 3 is 2.48 bits per heavy atom. The molecular weight excluding hydrogens is 355 g/mol. The Balaban J connectivity index is 1.85. The van der Waals surface area contributed by atoms with Gasteiger partial charge in [-0.15, -0.1) is 0 Å². The molecule has 2 amide bonds. The van der Waals surface area contributed by atoms with Gasteiger partial charge in [0.1, 0.15) is 18.5 Å². The van der Waals surface area contributed by atoms with Crippen LogP contribution in [-0.2, 0) is 0 Å². The van der Waals surface area contributed by atoms with Crippen molar-refractivity contribution in [2.24, 2.45) is 0 Å². The molecule has 0 spiro atoms. The predicted octanol–water partition coefficient (Wildman–Crippen LogP) is 2.71. The molecule has 0 aliphatic rings. The van der Waals surface area contributed by atoms with Gasteiger partial charge in [0.05, 0.1) is 19.9 Å². The molecule has 0 bridgehead atoms. The topological polar surface area (TPSA) is 89.1 Å². The van der Waals surface area contributed by atoms with Crippen molar-refractivity contribution < 1.29 is 28.5 Å². The van der Waals surface area contributed by atoms with Crippen LogP contribution in [0.3, 0.4) is 0 Å². The molecule has 2 rings (SSSR count). The van der Waals surface area contributed by atoms with Crippen LogP contribution in [0.2, 0.25) is 0 Å². The van der Waals surface area contributed by atoms with Crippen molar-refractivity contribution in [2.75, 3.05) is 32.7 Å². The summed E-state index contributed by atoms with van der Waals surface area (Å²) in [6.45, 7) is 1.60. The zero-order valence-electron chi connectivity index (χ0n) is 15.4. The number of aryl methyl sites for hydroxylation is 1. The van der Waals surface area contributed by atoms with Crippen molar-refractivity contribution in [1.29, 1.82) is 0 Å². The van der Waals surface area contributed by atoms with Crippen molar-refractivity contribution in [3.63, 3.8) is 0 Å². The lowest BCUT2D eigenvalue weighted by atomic mass is 10.2. The van der Waals surface area contributed by atoms with E-state index in [0.29, 0.717) is 17.2 Å². The SMILES string of the molecule is COc1cccc(OC)c1OC[C@H](O)CNC(=O)Nc1cc(C)ccc1F. The third kappa shape index (κ3) is 5.75. The molecule has 0 aliphatic heterocycles. The summed E-state index contributed by atoms with van der Waals surface area (Å²) in [6, 6.07) is 8.91. The van der Waals surface area contributed by atoms with E-state index in [1.54, 1.807) is 31.2 Å². The minimum atomic E-state index is -0.993. The van der Waals surface area contributed by atoms with Crippen LogP contribution in [0.15, 0.2) is 36.4 Å². The molecule has 0 aliphatic carbocycles. The zero-order valence-corrected chi connectivity index (χ0v) is 15.4. The van der Waals surface area contributed by atoms with E-state index >= 15 is 0 Å². The highest BCUT2D eigenvalue weighted by molar-refractivity contribution is 5.89. The van der Waals surface area contributed by atoms with Gasteiger partial charge >= 0.3 is 6.03 Å². The van der Waals surface area contributed by atoms with Crippen LogP contribution in [0.1, 0.15) is 5.56 Å². The fourth-order valence-electron chi connectivity index (χ4n) is 2.31. The molecule has 2 aromatic rings. The van der Waals surface area contributed by atoms with Crippen LogP contribution in [0.25, 0.3) is 0 Å². The minimum absolute atomic E-state index is 0.0667. The number of halogens is 1. The summed E-state index contributed by atoms with van der Waals surface area (Å²) in [5, 5.41) is 14.9. The monoisotopic (exact) mass is 378 g/mol. The van der Waals surface area contributed by atoms with Crippen molar-refractivity contribution >= 4 is 11.7 Å². The number of urea groups is 1. The summed E-state index contributed by atoms with van der Waals surface area (Å²) in [6.07, 6.45) is -0.993. The molecule has 7 nitrogen and oxygen atoms in total. The predicted molar refractivity (Wildman–Crippen MR) is 99.2 cm³/mol. The maximum Gasteiger partial charge on any atom is 0.319 e. The number of aliphatic hydroxyl groups is 1. The van der Waals surface area contributed by atoms with Gasteiger partial charge in [-0.25, -0.2) is 9.18 Å². The van der Waals surface area contributed by atoms with Crippen LogP contribution < -0.4 is 24.8 Å². The van der Waals surface area contributed by atoms with Gasteiger partial charge < -0.3 is 30.0 Å². The number of rotatable bonds is 8. The van der Waals surface area contributed by atoms with Crippen LogP contribution in [0.5, 0.6) is 17.2 Å². The van der Waals surface area contributed by atoms with Crippen LogP contribution in [0.4, 0.5) is 14.9 Å². The number of carbonyl (C=O) groups is 1. The van der Waals surface area contributed by atoms with Crippen molar-refractivity contribution in [3.8, 4) is 17.2 Å². The van der Waals surface area contributed by atoms with Gasteiger partial charge in [0, 0.05) is 6.54 Å². The van der Waals surface area contributed by atoms with Crippen molar-refractivity contribution in [1.82, 2.24) is 5.32 Å². The van der Waals surface area contributed by atoms with Gasteiger partial charge in [0.2, 0.25) is 5.75 Å². The second-order valence-corrected chi connectivity index (χ2v) is 5.77. The lowest BCUT2D eigenvalue weighted by molar-refractivity contribution is 0.105. The van der Waals surface area contributed by atoms with E-state index in [1.165, 1.54) is 26.4 Å². The number of nitrogens with one attached hydrogen (secondary N) is 2. The summed E-state index contributed by atoms with van der Waals surface area (Å²) < 4.78 is 29.6. The molecule has 1 atom stereocenters. The minimum Gasteiger partial charge on any atom is -0.493 e. The van der Waals surface area contributed by atoms with E-state index in [4.69, 9.17) is 14.2 Å². The Morgan fingerprint density at radius 2 is 1.85 bits per heavy atom. The number of ether oxygens (including phenoxy) is 3. The first kappa shape index (κ1) is 20.3. The van der Waals surface area contributed by atoms with Crippen LogP contribution in [0, 0.1) is 12.7 Å². The Labute approximate surface area is 157 Å². The summed E-state index contributed by atoms with van der Waals surface area (Å²) in [4.78, 5) is 11.9. The van der Waals surface area contributed by atoms with E-state index in [1.807, 2.05) is 0 Å². The molecule has 0 saturated heterocycles. The molecule has 146 valence electrons. The highest BCUT2D eigenvalue weighted by Crippen LogP contribution is 2.36. The molecule has 0 saturated carbocycles. The lowest BCUT2D eigenvalue weighted by Gasteiger charge is -2.17. The summed E-state index contributed by atoms with van der Waals surface area (Å²) in [7, 11) is 2.99. The van der Waals surface area contributed by atoms with Crippen LogP contribution >= 0.6 is 0 Å². The fourth-order valence-corrected chi connectivity index (χ4v) is 2.31. The molecule has 3 N–H and O–H groups in total. The molecule has 0 radical (unpaired) electrons. The number of methoxy groups -OCH3 is 2. The molecule has 0 heterocycles. The Morgan fingerprint density at radius 1 is 1.19 bits per heavy atom. The van der Waals surface area contributed by atoms with E-state index < -0.39 is 18.0 Å². The van der Waals surface area contributed by atoms with E-state index in [0.717, 1.165) is 5.56 Å².